The quantitative estimate of drug-likeness (QED) is 0.472. The number of esters is 1. The third kappa shape index (κ3) is 3.65. The second-order valence-corrected chi connectivity index (χ2v) is 6.46. The van der Waals surface area contributed by atoms with Gasteiger partial charge < -0.3 is 10.1 Å². The average molecular weight is 373 g/mol. The molecule has 1 aromatic carbocycles. The van der Waals surface area contributed by atoms with Crippen molar-refractivity contribution < 1.29 is 19.1 Å². The van der Waals surface area contributed by atoms with Gasteiger partial charge in [0.05, 0.1) is 16.7 Å². The Bertz CT molecular complexity index is 680. The predicted octanol–water partition coefficient (Wildman–Crippen LogP) is 3.10. The Morgan fingerprint density at radius 3 is 2.62 bits per heavy atom. The molecule has 1 N–H and O–H groups in total. The number of imide groups is 1. The fraction of sp³-hybridized carbons (Fsp3) is 0.438. The van der Waals surface area contributed by atoms with Gasteiger partial charge in [-0.25, -0.2) is 4.79 Å². The van der Waals surface area contributed by atoms with Crippen LogP contribution in [0.3, 0.4) is 0 Å². The number of rotatable bonds is 6. The molecule has 0 spiro atoms. The van der Waals surface area contributed by atoms with E-state index in [4.69, 9.17) is 27.9 Å². The van der Waals surface area contributed by atoms with E-state index >= 15 is 0 Å². The van der Waals surface area contributed by atoms with Crippen molar-refractivity contribution in [1.29, 1.82) is 0 Å². The van der Waals surface area contributed by atoms with Crippen LogP contribution in [0.4, 0.5) is 4.79 Å². The highest BCUT2D eigenvalue weighted by Gasteiger charge is 2.49. The number of carbonyl (C=O) groups excluding carboxylic acids is 3. The van der Waals surface area contributed by atoms with Crippen molar-refractivity contribution in [2.24, 2.45) is 0 Å². The monoisotopic (exact) mass is 372 g/mol. The van der Waals surface area contributed by atoms with Gasteiger partial charge in [0.2, 0.25) is 0 Å². The third-order valence-corrected chi connectivity index (χ3v) is 4.56. The summed E-state index contributed by atoms with van der Waals surface area (Å²) in [5.74, 6) is -1.16. The highest BCUT2D eigenvalue weighted by Crippen LogP contribution is 2.32. The van der Waals surface area contributed by atoms with E-state index < -0.39 is 30.0 Å². The van der Waals surface area contributed by atoms with Gasteiger partial charge in [-0.1, -0.05) is 42.6 Å². The number of unbranched alkanes of at least 4 members (excludes halogenated alkanes) is 1. The molecule has 1 unspecified atom stereocenters. The summed E-state index contributed by atoms with van der Waals surface area (Å²) in [6.45, 7) is 3.36. The molecule has 0 aliphatic carbocycles. The zero-order valence-electron chi connectivity index (χ0n) is 13.4. The molecule has 1 saturated heterocycles. The number of ether oxygens (including phenoxy) is 1. The van der Waals surface area contributed by atoms with E-state index in [9.17, 15) is 14.4 Å². The number of carbonyl (C=O) groups is 3. The van der Waals surface area contributed by atoms with Crippen LogP contribution < -0.4 is 5.32 Å². The standard InChI is InChI=1S/C16H18Cl2N2O4/c1-3-4-7-24-13(21)9-20-14(22)16(2,19-15(20)23)10-5-6-11(17)12(18)8-10/h5-6,8H,3-4,7,9H2,1-2H3,(H,19,23). The van der Waals surface area contributed by atoms with Crippen LogP contribution in [0.5, 0.6) is 0 Å². The molecule has 8 heteroatoms. The van der Waals surface area contributed by atoms with Crippen LogP contribution in [0.15, 0.2) is 18.2 Å². The maximum Gasteiger partial charge on any atom is 0.326 e. The van der Waals surface area contributed by atoms with E-state index in [0.717, 1.165) is 17.7 Å². The van der Waals surface area contributed by atoms with Crippen molar-refractivity contribution in [3.05, 3.63) is 33.8 Å². The first-order valence-corrected chi connectivity index (χ1v) is 8.30. The van der Waals surface area contributed by atoms with E-state index in [0.29, 0.717) is 10.6 Å². The first kappa shape index (κ1) is 18.5. The number of halogens is 2. The Hall–Kier alpha value is -1.79. The number of amides is 3. The minimum Gasteiger partial charge on any atom is -0.464 e. The van der Waals surface area contributed by atoms with Gasteiger partial charge in [-0.15, -0.1) is 0 Å². The summed E-state index contributed by atoms with van der Waals surface area (Å²) in [4.78, 5) is 37.4. The zero-order chi connectivity index (χ0) is 17.9. The smallest absolute Gasteiger partial charge is 0.326 e. The highest BCUT2D eigenvalue weighted by atomic mass is 35.5. The largest absolute Gasteiger partial charge is 0.464 e. The summed E-state index contributed by atoms with van der Waals surface area (Å²) in [7, 11) is 0. The Labute approximate surface area is 150 Å². The molecule has 0 radical (unpaired) electrons. The molecule has 0 aromatic heterocycles. The zero-order valence-corrected chi connectivity index (χ0v) is 14.9. The van der Waals surface area contributed by atoms with Crippen molar-refractivity contribution in [3.8, 4) is 0 Å². The predicted molar refractivity (Wildman–Crippen MR) is 89.9 cm³/mol. The lowest BCUT2D eigenvalue weighted by atomic mass is 9.92. The topological polar surface area (TPSA) is 75.7 Å². The lowest BCUT2D eigenvalue weighted by Gasteiger charge is -2.22. The number of nitrogens with zero attached hydrogens (tertiary/aromatic N) is 1. The highest BCUT2D eigenvalue weighted by molar-refractivity contribution is 6.42. The van der Waals surface area contributed by atoms with Gasteiger partial charge in [0.15, 0.2) is 0 Å². The molecule has 24 heavy (non-hydrogen) atoms. The Morgan fingerprint density at radius 1 is 1.29 bits per heavy atom. The number of urea groups is 1. The molecule has 1 fully saturated rings. The van der Waals surface area contributed by atoms with Gasteiger partial charge in [0.25, 0.3) is 5.91 Å². The Balaban J connectivity index is 2.15. The van der Waals surface area contributed by atoms with Gasteiger partial charge in [0, 0.05) is 0 Å². The second kappa shape index (κ2) is 7.40. The van der Waals surface area contributed by atoms with Crippen LogP contribution in [0.1, 0.15) is 32.3 Å². The van der Waals surface area contributed by atoms with Gasteiger partial charge in [-0.05, 0) is 31.0 Å². The first-order valence-electron chi connectivity index (χ1n) is 7.55. The Kier molecular flexibility index (Phi) is 5.72. The molecule has 2 rings (SSSR count). The van der Waals surface area contributed by atoms with E-state index in [1.807, 2.05) is 6.92 Å². The maximum atomic E-state index is 12.7. The molecule has 3 amide bonds. The molecule has 1 aromatic rings. The van der Waals surface area contributed by atoms with Gasteiger partial charge in [-0.3, -0.25) is 14.5 Å². The minimum absolute atomic E-state index is 0.267. The number of nitrogens with one attached hydrogen (secondary N) is 1. The van der Waals surface area contributed by atoms with Gasteiger partial charge in [0.1, 0.15) is 12.1 Å². The molecular weight excluding hydrogens is 355 g/mol. The van der Waals surface area contributed by atoms with Crippen LogP contribution in [0.25, 0.3) is 0 Å². The number of hydrogen-bond acceptors (Lipinski definition) is 4. The molecular formula is C16H18Cl2N2O4. The fourth-order valence-corrected chi connectivity index (χ4v) is 2.65. The van der Waals surface area contributed by atoms with Crippen molar-refractivity contribution in [3.63, 3.8) is 0 Å². The van der Waals surface area contributed by atoms with Crippen LogP contribution >= 0.6 is 23.2 Å². The number of hydrogen-bond donors (Lipinski definition) is 1. The summed E-state index contributed by atoms with van der Waals surface area (Å²) in [5, 5.41) is 3.21. The van der Waals surface area contributed by atoms with Gasteiger partial charge >= 0.3 is 12.0 Å². The molecule has 6 nitrogen and oxygen atoms in total. The fourth-order valence-electron chi connectivity index (χ4n) is 2.35. The van der Waals surface area contributed by atoms with Crippen LogP contribution in [0, 0.1) is 0 Å². The molecule has 1 atom stereocenters. The minimum atomic E-state index is -1.31. The molecule has 130 valence electrons. The van der Waals surface area contributed by atoms with E-state index in [-0.39, 0.29) is 11.6 Å². The molecule has 0 bridgehead atoms. The van der Waals surface area contributed by atoms with Crippen molar-refractivity contribution in [1.82, 2.24) is 10.2 Å². The molecule has 0 saturated carbocycles. The average Bonchev–Trinajstić information content (AvgIpc) is 2.74. The lowest BCUT2D eigenvalue weighted by molar-refractivity contribution is -0.147. The second-order valence-electron chi connectivity index (χ2n) is 5.65. The summed E-state index contributed by atoms with van der Waals surface area (Å²) >= 11 is 11.9. The third-order valence-electron chi connectivity index (χ3n) is 3.82. The molecule has 1 aliphatic rings. The van der Waals surface area contributed by atoms with Crippen molar-refractivity contribution in [2.75, 3.05) is 13.2 Å². The summed E-state index contributed by atoms with van der Waals surface area (Å²) in [6.07, 6.45) is 1.61. The van der Waals surface area contributed by atoms with Gasteiger partial charge in [-0.2, -0.15) is 0 Å². The van der Waals surface area contributed by atoms with Crippen LogP contribution in [-0.4, -0.2) is 36.0 Å². The first-order chi connectivity index (χ1) is 11.3. The van der Waals surface area contributed by atoms with E-state index in [1.54, 1.807) is 19.1 Å². The molecule has 1 heterocycles. The van der Waals surface area contributed by atoms with Crippen LogP contribution in [-0.2, 0) is 19.9 Å². The maximum absolute atomic E-state index is 12.7. The molecule has 1 aliphatic heterocycles. The summed E-state index contributed by atoms with van der Waals surface area (Å²) in [6, 6.07) is 4.02. The number of benzene rings is 1. The normalized spacial score (nSPS) is 20.2. The van der Waals surface area contributed by atoms with E-state index in [1.165, 1.54) is 6.07 Å². The van der Waals surface area contributed by atoms with Crippen molar-refractivity contribution in [2.45, 2.75) is 32.2 Å². The summed E-state index contributed by atoms with van der Waals surface area (Å²) < 4.78 is 5.00. The Morgan fingerprint density at radius 2 is 2.00 bits per heavy atom. The lowest BCUT2D eigenvalue weighted by Crippen LogP contribution is -2.41. The summed E-state index contributed by atoms with van der Waals surface area (Å²) in [5.41, 5.74) is -0.827. The van der Waals surface area contributed by atoms with E-state index in [2.05, 4.69) is 5.32 Å². The van der Waals surface area contributed by atoms with Crippen LogP contribution in [0.2, 0.25) is 10.0 Å². The van der Waals surface area contributed by atoms with Crippen molar-refractivity contribution >= 4 is 41.1 Å². The SMILES string of the molecule is CCCCOC(=O)CN1C(=O)NC(C)(c2ccc(Cl)c(Cl)c2)C1=O.